The van der Waals surface area contributed by atoms with E-state index in [2.05, 4.69) is 29.6 Å². The van der Waals surface area contributed by atoms with E-state index in [1.165, 1.54) is 22.3 Å². The second-order valence-electron chi connectivity index (χ2n) is 11.0. The summed E-state index contributed by atoms with van der Waals surface area (Å²) in [6.07, 6.45) is 2.23. The number of benzene rings is 2. The molecule has 2 aromatic rings. The SMILES string of the molecule is CC1(C(=O)O)CCN(C(=O)C23CC(NC(=O)OCC4c5ccccc5-c5ccccc54)CC2C3)C1. The van der Waals surface area contributed by atoms with Crippen molar-refractivity contribution in [1.29, 1.82) is 0 Å². The number of hydrogen-bond donors (Lipinski definition) is 2. The molecule has 182 valence electrons. The van der Waals surface area contributed by atoms with E-state index in [1.807, 2.05) is 24.3 Å². The van der Waals surface area contributed by atoms with Gasteiger partial charge in [-0.25, -0.2) is 4.79 Å². The van der Waals surface area contributed by atoms with E-state index in [-0.39, 0.29) is 36.9 Å². The topological polar surface area (TPSA) is 95.9 Å². The third-order valence-corrected chi connectivity index (χ3v) is 8.78. The summed E-state index contributed by atoms with van der Waals surface area (Å²) in [6, 6.07) is 16.4. The van der Waals surface area contributed by atoms with Gasteiger partial charge in [0.05, 0.1) is 10.8 Å². The summed E-state index contributed by atoms with van der Waals surface area (Å²) in [7, 11) is 0. The highest BCUT2D eigenvalue weighted by molar-refractivity contribution is 5.88. The maximum absolute atomic E-state index is 13.3. The number of carboxylic acids is 1. The Morgan fingerprint density at radius 1 is 1.06 bits per heavy atom. The van der Waals surface area contributed by atoms with Gasteiger partial charge in [-0.1, -0.05) is 48.5 Å². The number of ether oxygens (including phenoxy) is 1. The van der Waals surface area contributed by atoms with Crippen molar-refractivity contribution >= 4 is 18.0 Å². The van der Waals surface area contributed by atoms with Gasteiger partial charge in [0.1, 0.15) is 6.61 Å². The molecule has 0 bridgehead atoms. The highest BCUT2D eigenvalue weighted by Crippen LogP contribution is 2.64. The van der Waals surface area contributed by atoms with Crippen LogP contribution >= 0.6 is 0 Å². The number of carbonyl (C=O) groups excluding carboxylic acids is 2. The van der Waals surface area contributed by atoms with Crippen LogP contribution in [0.1, 0.15) is 49.7 Å². The van der Waals surface area contributed by atoms with Gasteiger partial charge in [0, 0.05) is 25.0 Å². The van der Waals surface area contributed by atoms with Crippen molar-refractivity contribution in [3.8, 4) is 11.1 Å². The Kier molecular flexibility index (Phi) is 4.95. The van der Waals surface area contributed by atoms with E-state index >= 15 is 0 Å². The van der Waals surface area contributed by atoms with E-state index in [0.29, 0.717) is 19.4 Å². The van der Waals surface area contributed by atoms with E-state index in [0.717, 1.165) is 12.8 Å². The maximum atomic E-state index is 13.3. The van der Waals surface area contributed by atoms with Gasteiger partial charge in [-0.15, -0.1) is 0 Å². The number of carbonyl (C=O) groups is 3. The molecule has 6 rings (SSSR count). The molecule has 4 unspecified atom stereocenters. The number of aliphatic carboxylic acids is 1. The summed E-state index contributed by atoms with van der Waals surface area (Å²) in [5, 5.41) is 12.5. The lowest BCUT2D eigenvalue weighted by Crippen LogP contribution is -2.41. The Hall–Kier alpha value is -3.35. The molecule has 4 atom stereocenters. The van der Waals surface area contributed by atoms with Crippen molar-refractivity contribution in [2.24, 2.45) is 16.7 Å². The number of hydrogen-bond acceptors (Lipinski definition) is 4. The van der Waals surface area contributed by atoms with Crippen LogP contribution in [0.15, 0.2) is 48.5 Å². The number of carboxylic acid groups (broad SMARTS) is 1. The molecule has 4 aliphatic rings. The van der Waals surface area contributed by atoms with Crippen LogP contribution in [0, 0.1) is 16.7 Å². The number of likely N-dealkylation sites (tertiary alicyclic amines) is 1. The highest BCUT2D eigenvalue weighted by atomic mass is 16.5. The van der Waals surface area contributed by atoms with Crippen LogP contribution in [0.25, 0.3) is 11.1 Å². The molecular formula is C28H30N2O5. The lowest BCUT2D eigenvalue weighted by atomic mass is 9.90. The lowest BCUT2D eigenvalue weighted by Gasteiger charge is -2.25. The molecule has 2 amide bonds. The van der Waals surface area contributed by atoms with Crippen LogP contribution in [-0.4, -0.2) is 53.7 Å². The molecule has 35 heavy (non-hydrogen) atoms. The molecule has 3 aliphatic carbocycles. The van der Waals surface area contributed by atoms with Gasteiger partial charge >= 0.3 is 12.1 Å². The van der Waals surface area contributed by atoms with Gasteiger partial charge in [-0.2, -0.15) is 0 Å². The smallest absolute Gasteiger partial charge is 0.407 e. The summed E-state index contributed by atoms with van der Waals surface area (Å²) in [4.78, 5) is 39.3. The molecule has 0 radical (unpaired) electrons. The molecule has 2 saturated carbocycles. The van der Waals surface area contributed by atoms with Crippen LogP contribution in [0.5, 0.6) is 0 Å². The quantitative estimate of drug-likeness (QED) is 0.683. The molecule has 1 aliphatic heterocycles. The van der Waals surface area contributed by atoms with Crippen molar-refractivity contribution in [3.05, 3.63) is 59.7 Å². The Balaban J connectivity index is 1.06. The molecule has 7 heteroatoms. The fraction of sp³-hybridized carbons (Fsp3) is 0.464. The normalized spacial score (nSPS) is 30.4. The molecular weight excluding hydrogens is 444 g/mol. The predicted molar refractivity (Wildman–Crippen MR) is 129 cm³/mol. The molecule has 2 N–H and O–H groups in total. The molecule has 3 fully saturated rings. The molecule has 1 heterocycles. The zero-order chi connectivity index (χ0) is 24.4. The van der Waals surface area contributed by atoms with Crippen LogP contribution in [0.3, 0.4) is 0 Å². The molecule has 1 saturated heterocycles. The first kappa shape index (κ1) is 22.1. The Labute approximate surface area is 204 Å². The van der Waals surface area contributed by atoms with Gasteiger partial charge in [0.2, 0.25) is 5.91 Å². The van der Waals surface area contributed by atoms with Gasteiger partial charge < -0.3 is 20.1 Å². The van der Waals surface area contributed by atoms with E-state index in [9.17, 15) is 19.5 Å². The first-order valence-corrected chi connectivity index (χ1v) is 12.4. The van der Waals surface area contributed by atoms with Crippen molar-refractivity contribution < 1.29 is 24.2 Å². The third kappa shape index (κ3) is 3.51. The minimum Gasteiger partial charge on any atom is -0.481 e. The fourth-order valence-electron chi connectivity index (χ4n) is 6.70. The number of nitrogens with zero attached hydrogens (tertiary/aromatic N) is 1. The molecule has 7 nitrogen and oxygen atoms in total. The predicted octanol–water partition coefficient (Wildman–Crippen LogP) is 4.02. The number of rotatable bonds is 5. The molecule has 0 spiro atoms. The Bertz CT molecular complexity index is 1180. The summed E-state index contributed by atoms with van der Waals surface area (Å²) < 4.78 is 5.69. The number of fused-ring (bicyclic) bond motifs is 4. The van der Waals surface area contributed by atoms with Crippen molar-refractivity contribution in [1.82, 2.24) is 10.2 Å². The van der Waals surface area contributed by atoms with Gasteiger partial charge in [0.25, 0.3) is 0 Å². The Morgan fingerprint density at radius 3 is 2.34 bits per heavy atom. The largest absolute Gasteiger partial charge is 0.481 e. The standard InChI is InChI=1S/C28H30N2O5/c1-27(25(32)33)10-11-30(16-27)24(31)28-13-17(28)12-18(14-28)29-26(34)35-15-23-21-8-4-2-6-19(21)20-7-3-5-9-22(20)23/h2-9,17-18,23H,10-16H2,1H3,(H,29,34)(H,32,33). The second-order valence-corrected chi connectivity index (χ2v) is 11.0. The van der Waals surface area contributed by atoms with Crippen molar-refractivity contribution in [2.45, 2.75) is 44.6 Å². The third-order valence-electron chi connectivity index (χ3n) is 8.78. The summed E-state index contributed by atoms with van der Waals surface area (Å²) >= 11 is 0. The van der Waals surface area contributed by atoms with Crippen molar-refractivity contribution in [2.75, 3.05) is 19.7 Å². The zero-order valence-corrected chi connectivity index (χ0v) is 19.8. The van der Waals surface area contributed by atoms with Crippen LogP contribution < -0.4 is 5.32 Å². The summed E-state index contributed by atoms with van der Waals surface area (Å²) in [6.45, 7) is 2.73. The van der Waals surface area contributed by atoms with Crippen LogP contribution in [-0.2, 0) is 14.3 Å². The monoisotopic (exact) mass is 474 g/mol. The number of amides is 2. The summed E-state index contributed by atoms with van der Waals surface area (Å²) in [5.74, 6) is -0.523. The number of nitrogens with one attached hydrogen (secondary N) is 1. The van der Waals surface area contributed by atoms with Gasteiger partial charge in [-0.05, 0) is 60.8 Å². The zero-order valence-electron chi connectivity index (χ0n) is 19.8. The Morgan fingerprint density at radius 2 is 1.71 bits per heavy atom. The van der Waals surface area contributed by atoms with Gasteiger partial charge in [-0.3, -0.25) is 9.59 Å². The van der Waals surface area contributed by atoms with Crippen molar-refractivity contribution in [3.63, 3.8) is 0 Å². The first-order chi connectivity index (χ1) is 16.8. The summed E-state index contributed by atoms with van der Waals surface area (Å²) in [5.41, 5.74) is 3.42. The minimum absolute atomic E-state index is 0.0109. The van der Waals surface area contributed by atoms with Crippen LogP contribution in [0.4, 0.5) is 4.79 Å². The first-order valence-electron chi connectivity index (χ1n) is 12.4. The number of alkyl carbamates (subject to hydrolysis) is 1. The van der Waals surface area contributed by atoms with E-state index in [1.54, 1.807) is 11.8 Å². The van der Waals surface area contributed by atoms with E-state index < -0.39 is 22.9 Å². The maximum Gasteiger partial charge on any atom is 0.407 e. The van der Waals surface area contributed by atoms with Crippen LogP contribution in [0.2, 0.25) is 0 Å². The highest BCUT2D eigenvalue weighted by Gasteiger charge is 2.66. The second kappa shape index (κ2) is 7.83. The fourth-order valence-corrected chi connectivity index (χ4v) is 6.70. The molecule has 2 aromatic carbocycles. The average Bonchev–Trinajstić information content (AvgIpc) is 3.14. The van der Waals surface area contributed by atoms with E-state index in [4.69, 9.17) is 4.74 Å². The molecule has 0 aromatic heterocycles. The average molecular weight is 475 g/mol. The minimum atomic E-state index is -0.867. The lowest BCUT2D eigenvalue weighted by molar-refractivity contribution is -0.147. The van der Waals surface area contributed by atoms with Gasteiger partial charge in [0.15, 0.2) is 0 Å².